The molecule has 0 aromatic heterocycles. The van der Waals surface area contributed by atoms with Crippen molar-refractivity contribution in [3.05, 3.63) is 29.3 Å². The van der Waals surface area contributed by atoms with Gasteiger partial charge in [-0.05, 0) is 31.4 Å². The Kier molecular flexibility index (Phi) is 4.32. The van der Waals surface area contributed by atoms with Crippen molar-refractivity contribution in [1.29, 1.82) is 0 Å². The lowest BCUT2D eigenvalue weighted by Gasteiger charge is -2.32. The molecule has 6 heteroatoms. The highest BCUT2D eigenvalue weighted by atomic mass is 16.2. The van der Waals surface area contributed by atoms with Crippen molar-refractivity contribution in [3.8, 4) is 0 Å². The number of likely N-dealkylation sites (tertiary alicyclic amines) is 1. The van der Waals surface area contributed by atoms with Gasteiger partial charge in [-0.1, -0.05) is 12.1 Å². The van der Waals surface area contributed by atoms with Gasteiger partial charge in [0.05, 0.1) is 11.3 Å². The molecular formula is C17H21N3O3. The Morgan fingerprint density at radius 2 is 2.17 bits per heavy atom. The van der Waals surface area contributed by atoms with Crippen LogP contribution >= 0.6 is 0 Å². The number of carbonyl (C=O) groups excluding carboxylic acids is 3. The van der Waals surface area contributed by atoms with Crippen LogP contribution in [0.3, 0.4) is 0 Å². The minimum Gasteiger partial charge on any atom is -0.348 e. The monoisotopic (exact) mass is 315 g/mol. The average molecular weight is 315 g/mol. The molecule has 3 amide bonds. The van der Waals surface area contributed by atoms with Gasteiger partial charge in [0.15, 0.2) is 0 Å². The zero-order valence-electron chi connectivity index (χ0n) is 13.2. The summed E-state index contributed by atoms with van der Waals surface area (Å²) < 4.78 is 0. The molecule has 1 atom stereocenters. The number of hydrogen-bond acceptors (Lipinski definition) is 3. The van der Waals surface area contributed by atoms with E-state index >= 15 is 0 Å². The van der Waals surface area contributed by atoms with Crippen LogP contribution in [-0.4, -0.2) is 35.2 Å². The van der Waals surface area contributed by atoms with E-state index in [0.29, 0.717) is 24.2 Å². The molecule has 3 rings (SSSR count). The quantitative estimate of drug-likeness (QED) is 0.887. The van der Waals surface area contributed by atoms with Gasteiger partial charge in [0.25, 0.3) is 5.91 Å². The van der Waals surface area contributed by atoms with E-state index in [1.807, 2.05) is 19.1 Å². The predicted octanol–water partition coefficient (Wildman–Crippen LogP) is 1.66. The van der Waals surface area contributed by atoms with Crippen LogP contribution in [0, 0.1) is 0 Å². The van der Waals surface area contributed by atoms with Crippen LogP contribution in [-0.2, 0) is 16.1 Å². The van der Waals surface area contributed by atoms with E-state index < -0.39 is 0 Å². The van der Waals surface area contributed by atoms with Crippen LogP contribution in [0.15, 0.2) is 18.2 Å². The van der Waals surface area contributed by atoms with Gasteiger partial charge in [0, 0.05) is 32.0 Å². The molecule has 0 aliphatic carbocycles. The standard InChI is InChI=1S/C17H21N3O3/c1-11(20-8-3-2-7-15(20)22)9-14(21)19-13-6-4-5-12-10-18-17(23)16(12)13/h4-6,11H,2-3,7-10H2,1H3,(H,18,23)(H,19,21)/t11-/m0/s1. The minimum absolute atomic E-state index is 0.122. The number of nitrogens with one attached hydrogen (secondary N) is 2. The van der Waals surface area contributed by atoms with Gasteiger partial charge in [-0.15, -0.1) is 0 Å². The maximum absolute atomic E-state index is 12.3. The van der Waals surface area contributed by atoms with Gasteiger partial charge >= 0.3 is 0 Å². The molecule has 0 saturated carbocycles. The first-order valence-electron chi connectivity index (χ1n) is 8.05. The first-order valence-corrected chi connectivity index (χ1v) is 8.05. The largest absolute Gasteiger partial charge is 0.348 e. The molecule has 2 heterocycles. The normalized spacial score (nSPS) is 18.4. The summed E-state index contributed by atoms with van der Waals surface area (Å²) in [6.45, 7) is 3.11. The van der Waals surface area contributed by atoms with Gasteiger partial charge in [0.2, 0.25) is 11.8 Å². The predicted molar refractivity (Wildman–Crippen MR) is 85.9 cm³/mol. The highest BCUT2D eigenvalue weighted by Crippen LogP contribution is 2.24. The van der Waals surface area contributed by atoms with E-state index in [9.17, 15) is 14.4 Å². The van der Waals surface area contributed by atoms with E-state index in [1.165, 1.54) is 0 Å². The summed E-state index contributed by atoms with van der Waals surface area (Å²) in [6, 6.07) is 5.30. The summed E-state index contributed by atoms with van der Waals surface area (Å²) in [5.41, 5.74) is 1.98. The zero-order chi connectivity index (χ0) is 16.4. The molecule has 1 aromatic carbocycles. The second-order valence-electron chi connectivity index (χ2n) is 6.17. The molecule has 122 valence electrons. The van der Waals surface area contributed by atoms with Crippen LogP contribution in [0.2, 0.25) is 0 Å². The molecule has 2 N–H and O–H groups in total. The van der Waals surface area contributed by atoms with Gasteiger partial charge in [-0.2, -0.15) is 0 Å². The van der Waals surface area contributed by atoms with Crippen molar-refractivity contribution < 1.29 is 14.4 Å². The Labute approximate surface area is 135 Å². The molecule has 2 aliphatic rings. The molecule has 1 aromatic rings. The molecule has 0 bridgehead atoms. The maximum Gasteiger partial charge on any atom is 0.254 e. The number of benzene rings is 1. The lowest BCUT2D eigenvalue weighted by atomic mass is 10.1. The maximum atomic E-state index is 12.3. The summed E-state index contributed by atoms with van der Waals surface area (Å²) in [6.07, 6.45) is 2.72. The third-order valence-corrected chi connectivity index (χ3v) is 4.46. The zero-order valence-corrected chi connectivity index (χ0v) is 13.2. The minimum atomic E-state index is -0.177. The van der Waals surface area contributed by atoms with Gasteiger partial charge < -0.3 is 15.5 Å². The van der Waals surface area contributed by atoms with Crippen molar-refractivity contribution in [2.75, 3.05) is 11.9 Å². The number of hydrogen-bond donors (Lipinski definition) is 2. The Morgan fingerprint density at radius 1 is 1.35 bits per heavy atom. The first-order chi connectivity index (χ1) is 11.1. The van der Waals surface area contributed by atoms with E-state index in [4.69, 9.17) is 0 Å². The van der Waals surface area contributed by atoms with Gasteiger partial charge in [0.1, 0.15) is 0 Å². The molecule has 2 aliphatic heterocycles. The summed E-state index contributed by atoms with van der Waals surface area (Å²) >= 11 is 0. The fraction of sp³-hybridized carbons (Fsp3) is 0.471. The lowest BCUT2D eigenvalue weighted by molar-refractivity contribution is -0.136. The van der Waals surface area contributed by atoms with Crippen LogP contribution in [0.25, 0.3) is 0 Å². The number of anilines is 1. The van der Waals surface area contributed by atoms with Gasteiger partial charge in [-0.25, -0.2) is 0 Å². The second-order valence-corrected chi connectivity index (χ2v) is 6.17. The Morgan fingerprint density at radius 3 is 2.96 bits per heavy atom. The number of piperidine rings is 1. The summed E-state index contributed by atoms with van der Waals surface area (Å²) in [5.74, 6) is -0.212. The number of fused-ring (bicyclic) bond motifs is 1. The van der Waals surface area contributed by atoms with E-state index in [2.05, 4.69) is 10.6 Å². The highest BCUT2D eigenvalue weighted by Gasteiger charge is 2.26. The van der Waals surface area contributed by atoms with Crippen molar-refractivity contribution in [2.45, 2.75) is 45.2 Å². The molecule has 0 spiro atoms. The van der Waals surface area contributed by atoms with Crippen molar-refractivity contribution in [2.24, 2.45) is 0 Å². The molecular weight excluding hydrogens is 294 g/mol. The van der Waals surface area contributed by atoms with Crippen molar-refractivity contribution >= 4 is 23.4 Å². The molecule has 6 nitrogen and oxygen atoms in total. The first kappa shape index (κ1) is 15.5. The number of amides is 3. The summed E-state index contributed by atoms with van der Waals surface area (Å²) in [5, 5.41) is 5.57. The smallest absolute Gasteiger partial charge is 0.254 e. The van der Waals surface area contributed by atoms with E-state index in [1.54, 1.807) is 11.0 Å². The topological polar surface area (TPSA) is 78.5 Å². The second kappa shape index (κ2) is 6.40. The average Bonchev–Trinajstić information content (AvgIpc) is 2.90. The number of nitrogens with zero attached hydrogens (tertiary/aromatic N) is 1. The SMILES string of the molecule is C[C@@H](CC(=O)Nc1cccc2c1C(=O)NC2)N1CCCCC1=O. The van der Waals surface area contributed by atoms with Crippen LogP contribution < -0.4 is 10.6 Å². The molecule has 0 unspecified atom stereocenters. The van der Waals surface area contributed by atoms with E-state index in [0.717, 1.165) is 24.9 Å². The summed E-state index contributed by atoms with van der Waals surface area (Å²) in [7, 11) is 0. The Bertz CT molecular complexity index is 656. The molecule has 1 saturated heterocycles. The summed E-state index contributed by atoms with van der Waals surface area (Å²) in [4.78, 5) is 37.9. The fourth-order valence-electron chi connectivity index (χ4n) is 3.26. The van der Waals surface area contributed by atoms with Crippen LogP contribution in [0.5, 0.6) is 0 Å². The van der Waals surface area contributed by atoms with Crippen LogP contribution in [0.1, 0.15) is 48.5 Å². The Balaban J connectivity index is 1.65. The molecule has 0 radical (unpaired) electrons. The number of rotatable bonds is 4. The van der Waals surface area contributed by atoms with Gasteiger partial charge in [-0.3, -0.25) is 14.4 Å². The van der Waals surface area contributed by atoms with Crippen molar-refractivity contribution in [3.63, 3.8) is 0 Å². The molecule has 1 fully saturated rings. The third kappa shape index (κ3) is 3.21. The third-order valence-electron chi connectivity index (χ3n) is 4.46. The number of carbonyl (C=O) groups is 3. The Hall–Kier alpha value is -2.37. The molecule has 23 heavy (non-hydrogen) atoms. The van der Waals surface area contributed by atoms with Crippen molar-refractivity contribution in [1.82, 2.24) is 10.2 Å². The van der Waals surface area contributed by atoms with E-state index in [-0.39, 0.29) is 30.2 Å². The lowest BCUT2D eigenvalue weighted by Crippen LogP contribution is -2.43. The van der Waals surface area contributed by atoms with Crippen LogP contribution in [0.4, 0.5) is 5.69 Å². The highest BCUT2D eigenvalue weighted by molar-refractivity contribution is 6.06. The fourth-order valence-corrected chi connectivity index (χ4v) is 3.26.